The van der Waals surface area contributed by atoms with Gasteiger partial charge in [-0.05, 0) is 33.1 Å². The highest BCUT2D eigenvalue weighted by Crippen LogP contribution is 2.28. The maximum Gasteiger partial charge on any atom is 0.226 e. The van der Waals surface area contributed by atoms with Crippen molar-refractivity contribution in [2.75, 3.05) is 5.32 Å². The second-order valence-corrected chi connectivity index (χ2v) is 8.62. The van der Waals surface area contributed by atoms with Crippen LogP contribution in [0.3, 0.4) is 0 Å². The number of nitrogens with zero attached hydrogens (tertiary/aromatic N) is 3. The molecule has 2 atom stereocenters. The van der Waals surface area contributed by atoms with Gasteiger partial charge < -0.3 is 10.2 Å². The number of nitrogens with one attached hydrogen (secondary N) is 1. The van der Waals surface area contributed by atoms with Crippen LogP contribution in [0.15, 0.2) is 0 Å². The van der Waals surface area contributed by atoms with Crippen LogP contribution in [0, 0.1) is 0 Å². The lowest BCUT2D eigenvalue weighted by Gasteiger charge is -2.39. The predicted octanol–water partition coefficient (Wildman–Crippen LogP) is 3.34. The van der Waals surface area contributed by atoms with E-state index in [2.05, 4.69) is 50.1 Å². The van der Waals surface area contributed by atoms with E-state index in [9.17, 15) is 9.59 Å². The number of carbonyl (C=O) groups excluding carboxylic acids is 2. The Balaban J connectivity index is 1.84. The fourth-order valence-corrected chi connectivity index (χ4v) is 3.84. The van der Waals surface area contributed by atoms with Gasteiger partial charge in [0.2, 0.25) is 16.9 Å². The van der Waals surface area contributed by atoms with E-state index in [0.717, 1.165) is 17.8 Å². The van der Waals surface area contributed by atoms with Gasteiger partial charge in [-0.3, -0.25) is 9.59 Å². The number of hydrogen-bond acceptors (Lipinski definition) is 5. The lowest BCUT2D eigenvalue weighted by molar-refractivity contribution is -0.138. The molecule has 0 unspecified atom stereocenters. The van der Waals surface area contributed by atoms with Crippen LogP contribution in [-0.2, 0) is 15.0 Å². The van der Waals surface area contributed by atoms with Crippen molar-refractivity contribution in [1.29, 1.82) is 0 Å². The maximum absolute atomic E-state index is 12.4. The van der Waals surface area contributed by atoms with E-state index in [-0.39, 0.29) is 42.2 Å². The van der Waals surface area contributed by atoms with Crippen molar-refractivity contribution in [2.45, 2.75) is 84.2 Å². The van der Waals surface area contributed by atoms with Crippen molar-refractivity contribution in [2.24, 2.45) is 0 Å². The van der Waals surface area contributed by atoms with Crippen molar-refractivity contribution in [3.63, 3.8) is 0 Å². The monoisotopic (exact) mass is 352 g/mol. The minimum atomic E-state index is -0.183. The molecular weight excluding hydrogens is 324 g/mol. The molecule has 1 aromatic heterocycles. The first kappa shape index (κ1) is 18.8. The quantitative estimate of drug-likeness (QED) is 0.902. The first-order chi connectivity index (χ1) is 11.2. The molecule has 1 aliphatic heterocycles. The first-order valence-corrected chi connectivity index (χ1v) is 9.45. The standard InChI is InChI=1S/C17H28N4O2S/c1-11-7-6-8-12(2)21(11)14(23)10-9-13(22)18-16-20-19-15(24-16)17(3,4)5/h11-12H,6-10H2,1-5H3,(H,18,20,22)/t11-,12-/m0/s1. The molecule has 0 radical (unpaired) electrons. The Morgan fingerprint density at radius 1 is 1.17 bits per heavy atom. The summed E-state index contributed by atoms with van der Waals surface area (Å²) in [5, 5.41) is 12.2. The largest absolute Gasteiger partial charge is 0.337 e. The summed E-state index contributed by atoms with van der Waals surface area (Å²) in [5.74, 6) is -0.116. The van der Waals surface area contributed by atoms with Crippen LogP contribution in [-0.4, -0.2) is 39.0 Å². The second-order valence-electron chi connectivity index (χ2n) is 7.64. The predicted molar refractivity (Wildman–Crippen MR) is 96.1 cm³/mol. The molecule has 134 valence electrons. The van der Waals surface area contributed by atoms with E-state index in [0.29, 0.717) is 5.13 Å². The van der Waals surface area contributed by atoms with Crippen LogP contribution in [0.2, 0.25) is 0 Å². The summed E-state index contributed by atoms with van der Waals surface area (Å²) in [7, 11) is 0. The number of likely N-dealkylation sites (tertiary alicyclic amines) is 1. The normalized spacial score (nSPS) is 21.6. The molecule has 0 spiro atoms. The molecule has 7 heteroatoms. The van der Waals surface area contributed by atoms with E-state index >= 15 is 0 Å². The molecular formula is C17H28N4O2S. The molecule has 1 aliphatic rings. The Hall–Kier alpha value is -1.50. The molecule has 2 heterocycles. The Morgan fingerprint density at radius 2 is 1.79 bits per heavy atom. The van der Waals surface area contributed by atoms with E-state index in [1.54, 1.807) is 0 Å². The molecule has 1 saturated heterocycles. The molecule has 1 aromatic rings. The zero-order chi connectivity index (χ0) is 17.9. The lowest BCUT2D eigenvalue weighted by Crippen LogP contribution is -2.47. The van der Waals surface area contributed by atoms with E-state index in [1.165, 1.54) is 17.8 Å². The summed E-state index contributed by atoms with van der Waals surface area (Å²) in [4.78, 5) is 26.5. The molecule has 6 nitrogen and oxygen atoms in total. The summed E-state index contributed by atoms with van der Waals surface area (Å²) in [6.45, 7) is 10.3. The van der Waals surface area contributed by atoms with Crippen molar-refractivity contribution < 1.29 is 9.59 Å². The van der Waals surface area contributed by atoms with Gasteiger partial charge >= 0.3 is 0 Å². The topological polar surface area (TPSA) is 75.2 Å². The number of piperidine rings is 1. The molecule has 24 heavy (non-hydrogen) atoms. The van der Waals surface area contributed by atoms with Gasteiger partial charge in [-0.1, -0.05) is 32.1 Å². The Morgan fingerprint density at radius 3 is 2.33 bits per heavy atom. The number of carbonyl (C=O) groups is 2. The number of anilines is 1. The Bertz CT molecular complexity index is 584. The molecule has 2 amide bonds. The van der Waals surface area contributed by atoms with Crippen LogP contribution in [0.25, 0.3) is 0 Å². The van der Waals surface area contributed by atoms with Crippen LogP contribution in [0.4, 0.5) is 5.13 Å². The molecule has 2 rings (SSSR count). The third-order valence-electron chi connectivity index (χ3n) is 4.36. The smallest absolute Gasteiger partial charge is 0.226 e. The van der Waals surface area contributed by atoms with Gasteiger partial charge in [-0.15, -0.1) is 10.2 Å². The SMILES string of the molecule is C[C@H]1CCC[C@H](C)N1C(=O)CCC(=O)Nc1nnc(C(C)(C)C)s1. The summed E-state index contributed by atoms with van der Waals surface area (Å²) in [6.07, 6.45) is 3.68. The van der Waals surface area contributed by atoms with Gasteiger partial charge in [0.15, 0.2) is 0 Å². The number of rotatable bonds is 4. The summed E-state index contributed by atoms with van der Waals surface area (Å²) in [5.41, 5.74) is -0.0862. The number of hydrogen-bond donors (Lipinski definition) is 1. The van der Waals surface area contributed by atoms with Gasteiger partial charge in [0.25, 0.3) is 0 Å². The highest BCUT2D eigenvalue weighted by Gasteiger charge is 2.29. The maximum atomic E-state index is 12.4. The Kier molecular flexibility index (Phi) is 5.96. The van der Waals surface area contributed by atoms with Crippen molar-refractivity contribution in [3.8, 4) is 0 Å². The molecule has 1 fully saturated rings. The van der Waals surface area contributed by atoms with Gasteiger partial charge in [-0.2, -0.15) is 0 Å². The fourth-order valence-electron chi connectivity index (χ4n) is 3.02. The van der Waals surface area contributed by atoms with Crippen LogP contribution in [0.5, 0.6) is 0 Å². The van der Waals surface area contributed by atoms with Crippen molar-refractivity contribution in [1.82, 2.24) is 15.1 Å². The van der Waals surface area contributed by atoms with E-state index in [1.807, 2.05) is 4.90 Å². The molecule has 1 N–H and O–H groups in total. The zero-order valence-electron chi connectivity index (χ0n) is 15.3. The van der Waals surface area contributed by atoms with Crippen LogP contribution >= 0.6 is 11.3 Å². The van der Waals surface area contributed by atoms with Crippen LogP contribution in [0.1, 0.15) is 71.7 Å². The van der Waals surface area contributed by atoms with Crippen molar-refractivity contribution >= 4 is 28.3 Å². The summed E-state index contributed by atoms with van der Waals surface area (Å²) >= 11 is 1.38. The molecule has 0 bridgehead atoms. The van der Waals surface area contributed by atoms with Gasteiger partial charge in [0.1, 0.15) is 5.01 Å². The molecule has 0 aromatic carbocycles. The number of amides is 2. The Labute approximate surface area is 148 Å². The summed E-state index contributed by atoms with van der Waals surface area (Å²) in [6, 6.07) is 0.531. The third kappa shape index (κ3) is 4.75. The first-order valence-electron chi connectivity index (χ1n) is 8.63. The van der Waals surface area contributed by atoms with E-state index < -0.39 is 0 Å². The second kappa shape index (κ2) is 7.59. The average Bonchev–Trinajstić information content (AvgIpc) is 2.93. The third-order valence-corrected chi connectivity index (χ3v) is 5.62. The molecule has 0 aliphatic carbocycles. The molecule has 0 saturated carbocycles. The van der Waals surface area contributed by atoms with Gasteiger partial charge in [0.05, 0.1) is 0 Å². The highest BCUT2D eigenvalue weighted by molar-refractivity contribution is 7.15. The zero-order valence-corrected chi connectivity index (χ0v) is 16.1. The number of aromatic nitrogens is 2. The van der Waals surface area contributed by atoms with Crippen molar-refractivity contribution in [3.05, 3.63) is 5.01 Å². The van der Waals surface area contributed by atoms with Gasteiger partial charge in [-0.25, -0.2) is 0 Å². The van der Waals surface area contributed by atoms with E-state index in [4.69, 9.17) is 0 Å². The summed E-state index contributed by atoms with van der Waals surface area (Å²) < 4.78 is 0. The van der Waals surface area contributed by atoms with Gasteiger partial charge in [0, 0.05) is 30.3 Å². The average molecular weight is 353 g/mol. The fraction of sp³-hybridized carbons (Fsp3) is 0.765. The van der Waals surface area contributed by atoms with Crippen LogP contribution < -0.4 is 5.32 Å². The minimum absolute atomic E-state index is 0.0671. The highest BCUT2D eigenvalue weighted by atomic mass is 32.1. The lowest BCUT2D eigenvalue weighted by atomic mass is 9.97. The minimum Gasteiger partial charge on any atom is -0.337 e.